The first-order valence-corrected chi connectivity index (χ1v) is 6.39. The highest BCUT2D eigenvalue weighted by Gasteiger charge is 2.08. The molecule has 3 aromatic rings. The zero-order chi connectivity index (χ0) is 14.7. The monoisotopic (exact) mass is 287 g/mol. The lowest BCUT2D eigenvalue weighted by molar-refractivity contribution is 0.0953. The SMILES string of the molecule is O=C(NCCc1noc(CO)n1)c1ccc2nccn2c1. The van der Waals surface area contributed by atoms with Gasteiger partial charge in [-0.3, -0.25) is 4.79 Å². The zero-order valence-electron chi connectivity index (χ0n) is 11.1. The number of nitrogens with zero attached hydrogens (tertiary/aromatic N) is 4. The zero-order valence-corrected chi connectivity index (χ0v) is 11.1. The van der Waals surface area contributed by atoms with Gasteiger partial charge in [-0.1, -0.05) is 5.16 Å². The van der Waals surface area contributed by atoms with Crippen molar-refractivity contribution in [3.8, 4) is 0 Å². The van der Waals surface area contributed by atoms with Crippen molar-refractivity contribution in [3.05, 3.63) is 48.0 Å². The van der Waals surface area contributed by atoms with E-state index in [9.17, 15) is 4.79 Å². The van der Waals surface area contributed by atoms with E-state index in [1.165, 1.54) is 0 Å². The van der Waals surface area contributed by atoms with Crippen molar-refractivity contribution in [2.24, 2.45) is 0 Å². The van der Waals surface area contributed by atoms with E-state index in [1.807, 2.05) is 0 Å². The fraction of sp³-hybridized carbons (Fsp3) is 0.231. The average Bonchev–Trinajstić information content (AvgIpc) is 3.14. The first-order chi connectivity index (χ1) is 10.3. The summed E-state index contributed by atoms with van der Waals surface area (Å²) in [5, 5.41) is 15.3. The average molecular weight is 287 g/mol. The van der Waals surface area contributed by atoms with Crippen molar-refractivity contribution in [1.82, 2.24) is 24.8 Å². The van der Waals surface area contributed by atoms with Crippen LogP contribution in [-0.4, -0.2) is 37.1 Å². The second kappa shape index (κ2) is 5.71. The topological polar surface area (TPSA) is 106 Å². The predicted octanol–water partition coefficient (Wildman–Crippen LogP) is 0.182. The fourth-order valence-corrected chi connectivity index (χ4v) is 1.90. The van der Waals surface area contributed by atoms with Crippen LogP contribution in [0.5, 0.6) is 0 Å². The Balaban J connectivity index is 1.58. The molecule has 3 heterocycles. The molecule has 108 valence electrons. The Kier molecular flexibility index (Phi) is 3.61. The minimum atomic E-state index is -0.287. The van der Waals surface area contributed by atoms with E-state index in [2.05, 4.69) is 20.4 Å². The van der Waals surface area contributed by atoms with Gasteiger partial charge in [0.05, 0.1) is 5.56 Å². The minimum Gasteiger partial charge on any atom is -0.387 e. The second-order valence-electron chi connectivity index (χ2n) is 4.38. The van der Waals surface area contributed by atoms with E-state index in [1.54, 1.807) is 35.1 Å². The van der Waals surface area contributed by atoms with E-state index in [-0.39, 0.29) is 18.4 Å². The normalized spacial score (nSPS) is 10.9. The van der Waals surface area contributed by atoms with Crippen LogP contribution in [0.3, 0.4) is 0 Å². The van der Waals surface area contributed by atoms with Gasteiger partial charge in [0.15, 0.2) is 5.82 Å². The molecule has 0 atom stereocenters. The number of carbonyl (C=O) groups is 1. The van der Waals surface area contributed by atoms with Gasteiger partial charge in [0.1, 0.15) is 12.3 Å². The van der Waals surface area contributed by atoms with E-state index < -0.39 is 0 Å². The molecular formula is C13H13N5O3. The smallest absolute Gasteiger partial charge is 0.252 e. The lowest BCUT2D eigenvalue weighted by atomic mass is 10.2. The Bertz CT molecular complexity index is 764. The second-order valence-corrected chi connectivity index (χ2v) is 4.38. The molecule has 21 heavy (non-hydrogen) atoms. The Labute approximate surface area is 119 Å². The summed E-state index contributed by atoms with van der Waals surface area (Å²) in [6.07, 6.45) is 5.60. The Morgan fingerprint density at radius 1 is 1.43 bits per heavy atom. The molecule has 0 unspecified atom stereocenters. The first kappa shape index (κ1) is 13.3. The Morgan fingerprint density at radius 3 is 3.14 bits per heavy atom. The van der Waals surface area contributed by atoms with Crippen molar-refractivity contribution in [2.45, 2.75) is 13.0 Å². The summed E-state index contributed by atoms with van der Waals surface area (Å²) in [4.78, 5) is 20.1. The molecule has 0 fully saturated rings. The molecule has 3 rings (SSSR count). The molecule has 0 aliphatic carbocycles. The molecular weight excluding hydrogens is 274 g/mol. The van der Waals surface area contributed by atoms with Gasteiger partial charge in [-0.25, -0.2) is 4.98 Å². The molecule has 0 saturated heterocycles. The third-order valence-corrected chi connectivity index (χ3v) is 2.93. The van der Waals surface area contributed by atoms with E-state index in [4.69, 9.17) is 9.63 Å². The number of nitrogens with one attached hydrogen (secondary N) is 1. The number of aromatic nitrogens is 4. The van der Waals surface area contributed by atoms with Crippen molar-refractivity contribution in [3.63, 3.8) is 0 Å². The maximum absolute atomic E-state index is 12.0. The maximum Gasteiger partial charge on any atom is 0.252 e. The van der Waals surface area contributed by atoms with Crippen LogP contribution < -0.4 is 5.32 Å². The van der Waals surface area contributed by atoms with Crippen molar-refractivity contribution < 1.29 is 14.4 Å². The van der Waals surface area contributed by atoms with E-state index in [0.717, 1.165) is 5.65 Å². The van der Waals surface area contributed by atoms with Gasteiger partial charge in [0.25, 0.3) is 11.8 Å². The van der Waals surface area contributed by atoms with Crippen molar-refractivity contribution in [2.75, 3.05) is 6.54 Å². The van der Waals surface area contributed by atoms with Gasteiger partial charge in [-0.2, -0.15) is 4.98 Å². The highest BCUT2D eigenvalue weighted by molar-refractivity contribution is 5.94. The summed E-state index contributed by atoms with van der Waals surface area (Å²) >= 11 is 0. The van der Waals surface area contributed by atoms with Crippen LogP contribution in [0.2, 0.25) is 0 Å². The quantitative estimate of drug-likeness (QED) is 0.693. The van der Waals surface area contributed by atoms with Gasteiger partial charge in [0, 0.05) is 31.6 Å². The van der Waals surface area contributed by atoms with Gasteiger partial charge in [-0.15, -0.1) is 0 Å². The van der Waals surface area contributed by atoms with Crippen LogP contribution >= 0.6 is 0 Å². The molecule has 0 aliphatic rings. The molecule has 0 aromatic carbocycles. The minimum absolute atomic E-state index is 0.168. The number of aliphatic hydroxyl groups excluding tert-OH is 1. The molecule has 1 amide bonds. The van der Waals surface area contributed by atoms with E-state index >= 15 is 0 Å². The van der Waals surface area contributed by atoms with Crippen LogP contribution in [0, 0.1) is 0 Å². The van der Waals surface area contributed by atoms with Crippen LogP contribution in [-0.2, 0) is 13.0 Å². The lowest BCUT2D eigenvalue weighted by Crippen LogP contribution is -2.26. The van der Waals surface area contributed by atoms with Gasteiger partial charge < -0.3 is 19.3 Å². The summed E-state index contributed by atoms with van der Waals surface area (Å²) < 4.78 is 6.54. The van der Waals surface area contributed by atoms with E-state index in [0.29, 0.717) is 24.4 Å². The summed E-state index contributed by atoms with van der Waals surface area (Å²) in [6.45, 7) is 0.0927. The molecule has 0 saturated carbocycles. The highest BCUT2D eigenvalue weighted by atomic mass is 16.5. The Morgan fingerprint density at radius 2 is 2.33 bits per heavy atom. The van der Waals surface area contributed by atoms with Crippen LogP contribution in [0.1, 0.15) is 22.1 Å². The molecule has 0 spiro atoms. The molecule has 3 aromatic heterocycles. The fourth-order valence-electron chi connectivity index (χ4n) is 1.90. The number of imidazole rings is 1. The maximum atomic E-state index is 12.0. The lowest BCUT2D eigenvalue weighted by Gasteiger charge is -2.04. The number of hydrogen-bond donors (Lipinski definition) is 2. The number of pyridine rings is 1. The summed E-state index contributed by atoms with van der Waals surface area (Å²) in [7, 11) is 0. The highest BCUT2D eigenvalue weighted by Crippen LogP contribution is 2.04. The number of amides is 1. The number of fused-ring (bicyclic) bond motifs is 1. The predicted molar refractivity (Wildman–Crippen MR) is 71.5 cm³/mol. The first-order valence-electron chi connectivity index (χ1n) is 6.39. The molecule has 0 radical (unpaired) electrons. The van der Waals surface area contributed by atoms with Gasteiger partial charge in [0.2, 0.25) is 0 Å². The number of hydrogen-bond acceptors (Lipinski definition) is 6. The third kappa shape index (κ3) is 2.90. The summed E-state index contributed by atoms with van der Waals surface area (Å²) in [5.74, 6) is 0.433. The molecule has 8 heteroatoms. The van der Waals surface area contributed by atoms with Crippen molar-refractivity contribution in [1.29, 1.82) is 0 Å². The molecule has 8 nitrogen and oxygen atoms in total. The molecule has 0 aliphatic heterocycles. The molecule has 0 bridgehead atoms. The largest absolute Gasteiger partial charge is 0.387 e. The summed E-state index contributed by atoms with van der Waals surface area (Å²) in [6, 6.07) is 3.50. The number of carbonyl (C=O) groups excluding carboxylic acids is 1. The van der Waals surface area contributed by atoms with Crippen LogP contribution in [0.4, 0.5) is 0 Å². The summed E-state index contributed by atoms with van der Waals surface area (Å²) in [5.41, 5.74) is 1.33. The number of aliphatic hydroxyl groups is 1. The van der Waals surface area contributed by atoms with Gasteiger partial charge >= 0.3 is 0 Å². The van der Waals surface area contributed by atoms with Crippen LogP contribution in [0.15, 0.2) is 35.2 Å². The standard InChI is InChI=1S/C13H13N5O3/c19-8-12-16-10(17-21-12)3-4-15-13(20)9-1-2-11-14-5-6-18(11)7-9/h1-2,5-7,19H,3-4,8H2,(H,15,20). The van der Waals surface area contributed by atoms with Gasteiger partial charge in [-0.05, 0) is 12.1 Å². The number of rotatable bonds is 5. The molecule has 2 N–H and O–H groups in total. The van der Waals surface area contributed by atoms with Crippen molar-refractivity contribution >= 4 is 11.6 Å². The third-order valence-electron chi connectivity index (χ3n) is 2.93. The van der Waals surface area contributed by atoms with Crippen LogP contribution in [0.25, 0.3) is 5.65 Å². The Hall–Kier alpha value is -2.74.